The summed E-state index contributed by atoms with van der Waals surface area (Å²) in [7, 11) is 4.68. The van der Waals surface area contributed by atoms with E-state index in [9.17, 15) is 0 Å². The lowest BCUT2D eigenvalue weighted by Gasteiger charge is -2.42. The van der Waals surface area contributed by atoms with Gasteiger partial charge in [-0.15, -0.1) is 0 Å². The van der Waals surface area contributed by atoms with Gasteiger partial charge >= 0.3 is 0 Å². The van der Waals surface area contributed by atoms with Crippen LogP contribution < -0.4 is 0 Å². The van der Waals surface area contributed by atoms with Crippen molar-refractivity contribution in [1.29, 1.82) is 0 Å². The van der Waals surface area contributed by atoms with Gasteiger partial charge in [0, 0.05) is 6.04 Å². The van der Waals surface area contributed by atoms with Crippen molar-refractivity contribution in [2.75, 3.05) is 33.7 Å². The van der Waals surface area contributed by atoms with Crippen LogP contribution in [0.2, 0.25) is 0 Å². The van der Waals surface area contributed by atoms with Crippen molar-refractivity contribution in [2.45, 2.75) is 45.7 Å². The van der Waals surface area contributed by atoms with Gasteiger partial charge in [0.25, 0.3) is 0 Å². The van der Waals surface area contributed by atoms with Crippen LogP contribution in [0.5, 0.6) is 0 Å². The molecule has 84 valence electrons. The van der Waals surface area contributed by atoms with Crippen LogP contribution in [-0.2, 0) is 0 Å². The van der Waals surface area contributed by atoms with Crippen LogP contribution in [0.3, 0.4) is 0 Å². The fourth-order valence-electron chi connectivity index (χ4n) is 2.55. The van der Waals surface area contributed by atoms with E-state index in [1.54, 1.807) is 0 Å². The number of quaternary nitrogens is 1. The predicted octanol–water partition coefficient (Wildman–Crippen LogP) is 1.96. The summed E-state index contributed by atoms with van der Waals surface area (Å²) in [6.07, 6.45) is 2.73. The quantitative estimate of drug-likeness (QED) is 0.584. The minimum absolute atomic E-state index is 0.718. The van der Waals surface area contributed by atoms with Crippen LogP contribution in [0.15, 0.2) is 0 Å². The number of nitrogens with zero attached hydrogens (tertiary/aromatic N) is 2. The molecule has 1 saturated heterocycles. The Kier molecular flexibility index (Phi) is 3.96. The summed E-state index contributed by atoms with van der Waals surface area (Å²) in [6, 6.07) is 1.48. The van der Waals surface area contributed by atoms with Gasteiger partial charge in [-0.05, 0) is 40.7 Å². The van der Waals surface area contributed by atoms with E-state index in [4.69, 9.17) is 0 Å². The fourth-order valence-corrected chi connectivity index (χ4v) is 2.55. The van der Waals surface area contributed by atoms with Gasteiger partial charge in [0.05, 0.1) is 32.7 Å². The summed E-state index contributed by atoms with van der Waals surface area (Å²) in [5, 5.41) is 0. The summed E-state index contributed by atoms with van der Waals surface area (Å²) in [5.74, 6) is 0. The molecular formula is C12H27N2+. The first-order valence-electron chi connectivity index (χ1n) is 6.04. The second kappa shape index (κ2) is 4.63. The molecular weight excluding hydrogens is 172 g/mol. The lowest BCUT2D eigenvalue weighted by Crippen LogP contribution is -2.55. The molecule has 0 aliphatic carbocycles. The molecule has 0 spiro atoms. The Hall–Kier alpha value is -0.0800. The number of rotatable bonds is 1. The van der Waals surface area contributed by atoms with Gasteiger partial charge in [-0.2, -0.15) is 0 Å². The highest BCUT2D eigenvalue weighted by molar-refractivity contribution is 4.72. The first kappa shape index (κ1) is 12.0. The topological polar surface area (TPSA) is 3.24 Å². The van der Waals surface area contributed by atoms with Crippen LogP contribution in [0.4, 0.5) is 0 Å². The molecule has 0 N–H and O–H groups in total. The highest BCUT2D eigenvalue weighted by Gasteiger charge is 2.29. The summed E-state index contributed by atoms with van der Waals surface area (Å²) in [5.41, 5.74) is 0. The van der Waals surface area contributed by atoms with Crippen LogP contribution in [0.1, 0.15) is 33.6 Å². The molecule has 1 aliphatic rings. The van der Waals surface area contributed by atoms with Crippen LogP contribution in [-0.4, -0.2) is 55.2 Å². The standard InChI is InChI=1S/C12H27N2/c1-6-14(5)9-7-8-11(2)13(4)12(3)10-14/h11-12H,6-10H2,1-5H3/q+1. The van der Waals surface area contributed by atoms with Gasteiger partial charge in [-0.3, -0.25) is 4.90 Å². The van der Waals surface area contributed by atoms with Crippen LogP contribution >= 0.6 is 0 Å². The molecule has 0 saturated carbocycles. The second-order valence-corrected chi connectivity index (χ2v) is 5.35. The van der Waals surface area contributed by atoms with E-state index >= 15 is 0 Å². The van der Waals surface area contributed by atoms with Gasteiger partial charge in [0.15, 0.2) is 0 Å². The van der Waals surface area contributed by atoms with Crippen molar-refractivity contribution in [3.63, 3.8) is 0 Å². The number of hydrogen-bond donors (Lipinski definition) is 0. The molecule has 1 rings (SSSR count). The second-order valence-electron chi connectivity index (χ2n) is 5.35. The molecule has 0 aromatic carbocycles. The molecule has 0 aromatic rings. The predicted molar refractivity (Wildman–Crippen MR) is 62.4 cm³/mol. The third kappa shape index (κ3) is 2.71. The Bertz CT molecular complexity index is 181. The number of likely N-dealkylation sites (N-methyl/N-ethyl adjacent to an activating group) is 2. The molecule has 14 heavy (non-hydrogen) atoms. The van der Waals surface area contributed by atoms with E-state index in [0.717, 1.165) is 12.1 Å². The summed E-state index contributed by atoms with van der Waals surface area (Å²) < 4.78 is 1.25. The molecule has 0 amide bonds. The zero-order valence-corrected chi connectivity index (χ0v) is 10.6. The maximum atomic E-state index is 2.55. The Morgan fingerprint density at radius 1 is 1.29 bits per heavy atom. The lowest BCUT2D eigenvalue weighted by atomic mass is 10.1. The van der Waals surface area contributed by atoms with Crippen molar-refractivity contribution in [3.8, 4) is 0 Å². The molecule has 0 aromatic heterocycles. The highest BCUT2D eigenvalue weighted by atomic mass is 15.4. The average Bonchev–Trinajstić information content (AvgIpc) is 2.15. The first-order valence-corrected chi connectivity index (χ1v) is 6.04. The highest BCUT2D eigenvalue weighted by Crippen LogP contribution is 2.18. The van der Waals surface area contributed by atoms with Gasteiger partial charge in [-0.1, -0.05) is 0 Å². The van der Waals surface area contributed by atoms with E-state index in [2.05, 4.69) is 39.8 Å². The molecule has 3 unspecified atom stereocenters. The Morgan fingerprint density at radius 2 is 1.93 bits per heavy atom. The molecule has 1 aliphatic heterocycles. The smallest absolute Gasteiger partial charge is 0.0939 e. The maximum absolute atomic E-state index is 2.55. The minimum Gasteiger partial charge on any atom is -0.325 e. The zero-order chi connectivity index (χ0) is 10.8. The monoisotopic (exact) mass is 199 g/mol. The van der Waals surface area contributed by atoms with E-state index in [1.807, 2.05) is 0 Å². The minimum atomic E-state index is 0.718. The Morgan fingerprint density at radius 3 is 2.50 bits per heavy atom. The molecule has 2 nitrogen and oxygen atoms in total. The average molecular weight is 199 g/mol. The Balaban J connectivity index is 2.66. The molecule has 1 fully saturated rings. The maximum Gasteiger partial charge on any atom is 0.0939 e. The van der Waals surface area contributed by atoms with Crippen molar-refractivity contribution >= 4 is 0 Å². The fraction of sp³-hybridized carbons (Fsp3) is 1.00. The van der Waals surface area contributed by atoms with E-state index in [-0.39, 0.29) is 0 Å². The molecule has 2 heteroatoms. The van der Waals surface area contributed by atoms with Gasteiger partial charge in [0.2, 0.25) is 0 Å². The number of hydrogen-bond acceptors (Lipinski definition) is 1. The van der Waals surface area contributed by atoms with Crippen molar-refractivity contribution in [3.05, 3.63) is 0 Å². The normalized spacial score (nSPS) is 41.8. The summed E-state index contributed by atoms with van der Waals surface area (Å²) in [6.45, 7) is 11.0. The van der Waals surface area contributed by atoms with Gasteiger partial charge in [-0.25, -0.2) is 0 Å². The summed E-state index contributed by atoms with van der Waals surface area (Å²) in [4.78, 5) is 2.55. The largest absolute Gasteiger partial charge is 0.325 e. The third-order valence-corrected chi connectivity index (χ3v) is 4.18. The third-order valence-electron chi connectivity index (χ3n) is 4.18. The Labute approximate surface area is 89.5 Å². The molecule has 0 bridgehead atoms. The lowest BCUT2D eigenvalue weighted by molar-refractivity contribution is -0.910. The van der Waals surface area contributed by atoms with Crippen LogP contribution in [0.25, 0.3) is 0 Å². The van der Waals surface area contributed by atoms with Crippen LogP contribution in [0, 0.1) is 0 Å². The SMILES string of the molecule is CC[N+]1(C)CCCC(C)N(C)C(C)C1. The van der Waals surface area contributed by atoms with Gasteiger partial charge < -0.3 is 4.48 Å². The van der Waals surface area contributed by atoms with Gasteiger partial charge in [0.1, 0.15) is 0 Å². The van der Waals surface area contributed by atoms with E-state index in [1.165, 1.54) is 37.0 Å². The first-order chi connectivity index (χ1) is 6.48. The molecule has 1 heterocycles. The zero-order valence-electron chi connectivity index (χ0n) is 10.6. The molecule has 3 atom stereocenters. The van der Waals surface area contributed by atoms with Crippen molar-refractivity contribution in [1.82, 2.24) is 4.90 Å². The van der Waals surface area contributed by atoms with Crippen molar-refractivity contribution < 1.29 is 4.48 Å². The molecule has 0 radical (unpaired) electrons. The van der Waals surface area contributed by atoms with Crippen molar-refractivity contribution in [2.24, 2.45) is 0 Å². The summed E-state index contributed by atoms with van der Waals surface area (Å²) >= 11 is 0. The van der Waals surface area contributed by atoms with E-state index in [0.29, 0.717) is 0 Å². The van der Waals surface area contributed by atoms with E-state index < -0.39 is 0 Å².